The molecule has 0 heterocycles. The van der Waals surface area contributed by atoms with E-state index in [1.807, 2.05) is 32.0 Å². The van der Waals surface area contributed by atoms with Crippen LogP contribution < -0.4 is 0 Å². The van der Waals surface area contributed by atoms with Crippen molar-refractivity contribution in [1.29, 1.82) is 0 Å². The maximum Gasteiger partial charge on any atom is 0.307 e. The van der Waals surface area contributed by atoms with Gasteiger partial charge in [0.1, 0.15) is 0 Å². The van der Waals surface area contributed by atoms with Gasteiger partial charge in [-0.1, -0.05) is 25.1 Å². The maximum atomic E-state index is 11.9. The highest BCUT2D eigenvalue weighted by Crippen LogP contribution is 2.16. The summed E-state index contributed by atoms with van der Waals surface area (Å²) in [6.45, 7) is 5.56. The zero-order chi connectivity index (χ0) is 13.0. The number of aryl methyl sites for hydroxylation is 2. The fourth-order valence-electron chi connectivity index (χ4n) is 1.65. The molecular weight excluding hydrogens is 236 g/mol. The van der Waals surface area contributed by atoms with E-state index >= 15 is 0 Å². The fourth-order valence-corrected chi connectivity index (χ4v) is 3.24. The van der Waals surface area contributed by atoms with Gasteiger partial charge in [0.15, 0.2) is 0 Å². The van der Waals surface area contributed by atoms with Crippen LogP contribution in [0.1, 0.15) is 23.6 Å². The first-order chi connectivity index (χ1) is 7.91. The summed E-state index contributed by atoms with van der Waals surface area (Å²) in [5, 5.41) is 8.77. The molecule has 0 aliphatic heterocycles. The van der Waals surface area contributed by atoms with Gasteiger partial charge in [-0.15, -0.1) is 0 Å². The summed E-state index contributed by atoms with van der Waals surface area (Å²) in [4.78, 5) is 10.7. The van der Waals surface area contributed by atoms with Gasteiger partial charge in [0.25, 0.3) is 0 Å². The standard InChI is InChI=1S/C13H18O3S/c1-9-5-4-6-10(2)12(9)8-17(16)7-11(3)13(14)15/h4-6,11H,7-8H2,1-3H3,(H,14,15). The lowest BCUT2D eigenvalue weighted by Gasteiger charge is -2.10. The van der Waals surface area contributed by atoms with Crippen LogP contribution in [0.2, 0.25) is 0 Å². The average Bonchev–Trinajstić information content (AvgIpc) is 2.23. The SMILES string of the molecule is Cc1cccc(C)c1CS(=O)CC(C)C(=O)O. The number of hydrogen-bond donors (Lipinski definition) is 1. The van der Waals surface area contributed by atoms with Crippen molar-refractivity contribution in [2.24, 2.45) is 5.92 Å². The van der Waals surface area contributed by atoms with Crippen LogP contribution in [0.25, 0.3) is 0 Å². The molecule has 0 fully saturated rings. The molecule has 0 aliphatic carbocycles. The Bertz CT molecular complexity index is 420. The third kappa shape index (κ3) is 3.97. The van der Waals surface area contributed by atoms with Gasteiger partial charge < -0.3 is 5.11 Å². The van der Waals surface area contributed by atoms with Crippen molar-refractivity contribution in [3.05, 3.63) is 34.9 Å². The second-order valence-electron chi connectivity index (χ2n) is 4.36. The van der Waals surface area contributed by atoms with E-state index in [9.17, 15) is 9.00 Å². The van der Waals surface area contributed by atoms with Gasteiger partial charge in [-0.2, -0.15) is 0 Å². The van der Waals surface area contributed by atoms with E-state index < -0.39 is 22.7 Å². The first kappa shape index (κ1) is 13.9. The van der Waals surface area contributed by atoms with E-state index in [0.717, 1.165) is 16.7 Å². The van der Waals surface area contributed by atoms with Gasteiger partial charge in [-0.3, -0.25) is 9.00 Å². The average molecular weight is 254 g/mol. The Labute approximate surface area is 104 Å². The van der Waals surface area contributed by atoms with Crippen LogP contribution in [0, 0.1) is 19.8 Å². The van der Waals surface area contributed by atoms with Crippen LogP contribution in [0.5, 0.6) is 0 Å². The molecule has 0 aliphatic rings. The van der Waals surface area contributed by atoms with Crippen LogP contribution in [0.4, 0.5) is 0 Å². The minimum Gasteiger partial charge on any atom is -0.481 e. The topological polar surface area (TPSA) is 54.4 Å². The van der Waals surface area contributed by atoms with Crippen molar-refractivity contribution in [3.8, 4) is 0 Å². The number of carboxylic acids is 1. The second-order valence-corrected chi connectivity index (χ2v) is 5.86. The molecule has 0 amide bonds. The third-order valence-electron chi connectivity index (χ3n) is 2.81. The molecule has 1 rings (SSSR count). The molecule has 4 heteroatoms. The molecule has 17 heavy (non-hydrogen) atoms. The van der Waals surface area contributed by atoms with Crippen LogP contribution >= 0.6 is 0 Å². The van der Waals surface area contributed by atoms with Gasteiger partial charge in [-0.05, 0) is 30.5 Å². The molecule has 0 bridgehead atoms. The minimum absolute atomic E-state index is 0.211. The first-order valence-electron chi connectivity index (χ1n) is 5.54. The molecule has 1 aromatic carbocycles. The molecule has 0 aromatic heterocycles. The molecule has 0 saturated heterocycles. The second kappa shape index (κ2) is 5.96. The molecule has 94 valence electrons. The number of aliphatic carboxylic acids is 1. The number of hydrogen-bond acceptors (Lipinski definition) is 2. The first-order valence-corrected chi connectivity index (χ1v) is 7.03. The van der Waals surface area contributed by atoms with Gasteiger partial charge in [0.05, 0.1) is 5.92 Å². The van der Waals surface area contributed by atoms with Crippen LogP contribution in [-0.4, -0.2) is 21.0 Å². The molecule has 1 N–H and O–H groups in total. The summed E-state index contributed by atoms with van der Waals surface area (Å²) in [7, 11) is -1.12. The fraction of sp³-hybridized carbons (Fsp3) is 0.462. The van der Waals surface area contributed by atoms with Crippen molar-refractivity contribution < 1.29 is 14.1 Å². The third-order valence-corrected chi connectivity index (χ3v) is 4.29. The van der Waals surface area contributed by atoms with E-state index in [4.69, 9.17) is 5.11 Å². The lowest BCUT2D eigenvalue weighted by Crippen LogP contribution is -2.18. The Hall–Kier alpha value is -1.16. The van der Waals surface area contributed by atoms with Crippen LogP contribution in [0.15, 0.2) is 18.2 Å². The highest BCUT2D eigenvalue weighted by Gasteiger charge is 2.16. The largest absolute Gasteiger partial charge is 0.481 e. The van der Waals surface area contributed by atoms with Crippen LogP contribution in [-0.2, 0) is 21.3 Å². The van der Waals surface area contributed by atoms with Gasteiger partial charge in [0, 0.05) is 22.3 Å². The molecular formula is C13H18O3S. The van der Waals surface area contributed by atoms with E-state index in [1.165, 1.54) is 0 Å². The summed E-state index contributed by atoms with van der Waals surface area (Å²) in [5.41, 5.74) is 3.30. The highest BCUT2D eigenvalue weighted by atomic mass is 32.2. The van der Waals surface area contributed by atoms with Gasteiger partial charge in [0.2, 0.25) is 0 Å². The lowest BCUT2D eigenvalue weighted by atomic mass is 10.1. The summed E-state index contributed by atoms with van der Waals surface area (Å²) < 4.78 is 11.9. The van der Waals surface area contributed by atoms with E-state index in [1.54, 1.807) is 6.92 Å². The summed E-state index contributed by atoms with van der Waals surface area (Å²) in [6, 6.07) is 5.94. The number of rotatable bonds is 5. The quantitative estimate of drug-likeness (QED) is 0.877. The van der Waals surface area contributed by atoms with Gasteiger partial charge >= 0.3 is 5.97 Å². The zero-order valence-electron chi connectivity index (χ0n) is 10.4. The Kier molecular flexibility index (Phi) is 4.87. The van der Waals surface area contributed by atoms with E-state index in [2.05, 4.69) is 0 Å². The summed E-state index contributed by atoms with van der Waals surface area (Å²) in [5.74, 6) is -0.792. The van der Waals surface area contributed by atoms with Crippen molar-refractivity contribution in [2.75, 3.05) is 5.75 Å². The summed E-state index contributed by atoms with van der Waals surface area (Å²) in [6.07, 6.45) is 0. The summed E-state index contributed by atoms with van der Waals surface area (Å²) >= 11 is 0. The molecule has 1 aromatic rings. The number of benzene rings is 1. The molecule has 2 unspecified atom stereocenters. The Morgan fingerprint density at radius 2 is 1.88 bits per heavy atom. The van der Waals surface area contributed by atoms with E-state index in [0.29, 0.717) is 5.75 Å². The molecule has 2 atom stereocenters. The van der Waals surface area contributed by atoms with E-state index in [-0.39, 0.29) is 5.75 Å². The monoisotopic (exact) mass is 254 g/mol. The van der Waals surface area contributed by atoms with Gasteiger partial charge in [-0.25, -0.2) is 0 Å². The lowest BCUT2D eigenvalue weighted by molar-refractivity contribution is -0.140. The normalized spacial score (nSPS) is 14.3. The molecule has 0 saturated carbocycles. The van der Waals surface area contributed by atoms with Crippen molar-refractivity contribution in [1.82, 2.24) is 0 Å². The smallest absolute Gasteiger partial charge is 0.307 e. The minimum atomic E-state index is -1.12. The molecule has 0 radical (unpaired) electrons. The predicted octanol–water partition coefficient (Wildman–Crippen LogP) is 2.27. The Balaban J connectivity index is 2.72. The number of carbonyl (C=O) groups is 1. The maximum absolute atomic E-state index is 11.9. The van der Waals surface area contributed by atoms with Crippen molar-refractivity contribution >= 4 is 16.8 Å². The Morgan fingerprint density at radius 3 is 2.35 bits per heavy atom. The Morgan fingerprint density at radius 1 is 1.35 bits per heavy atom. The highest BCUT2D eigenvalue weighted by molar-refractivity contribution is 7.84. The zero-order valence-corrected chi connectivity index (χ0v) is 11.2. The van der Waals surface area contributed by atoms with Crippen molar-refractivity contribution in [2.45, 2.75) is 26.5 Å². The molecule has 0 spiro atoms. The molecule has 3 nitrogen and oxygen atoms in total. The van der Waals surface area contributed by atoms with Crippen LogP contribution in [0.3, 0.4) is 0 Å². The van der Waals surface area contributed by atoms with Crippen molar-refractivity contribution in [3.63, 3.8) is 0 Å². The predicted molar refractivity (Wildman–Crippen MR) is 69.4 cm³/mol. The number of carboxylic acid groups (broad SMARTS) is 1.